The highest BCUT2D eigenvalue weighted by molar-refractivity contribution is 7.09. The Morgan fingerprint density at radius 2 is 1.65 bits per heavy atom. The number of rotatable bonds is 17. The number of thiophene rings is 1. The van der Waals surface area contributed by atoms with Gasteiger partial charge in [-0.3, -0.25) is 9.59 Å². The lowest BCUT2D eigenvalue weighted by atomic mass is 9.64. The molecule has 0 amide bonds. The van der Waals surface area contributed by atoms with Crippen LogP contribution in [-0.2, 0) is 29.6 Å². The van der Waals surface area contributed by atoms with Crippen LogP contribution < -0.4 is 0 Å². The van der Waals surface area contributed by atoms with Crippen LogP contribution in [0, 0.1) is 17.3 Å². The fourth-order valence-corrected chi connectivity index (χ4v) is 9.94. The smallest absolute Gasteiger partial charge is 0.305 e. The quantitative estimate of drug-likeness (QED) is 0.0704. The first-order valence-electron chi connectivity index (χ1n) is 18.0. The van der Waals surface area contributed by atoms with E-state index in [0.29, 0.717) is 24.0 Å². The molecule has 2 fully saturated rings. The van der Waals surface area contributed by atoms with Crippen LogP contribution in [0.5, 0.6) is 0 Å². The summed E-state index contributed by atoms with van der Waals surface area (Å²) in [7, 11) is -2.87. The number of hydrogen-bond acceptors (Lipinski definition) is 6. The molecule has 1 aromatic heterocycles. The average molecular weight is 691 g/mol. The normalized spacial score (nSPS) is 22.5. The molecule has 1 aromatic rings. The van der Waals surface area contributed by atoms with Crippen molar-refractivity contribution in [2.24, 2.45) is 17.3 Å². The zero-order chi connectivity index (χ0) is 34.4. The van der Waals surface area contributed by atoms with Crippen LogP contribution in [0.15, 0.2) is 29.3 Å². The molecule has 262 valence electrons. The molecule has 46 heavy (non-hydrogen) atoms. The van der Waals surface area contributed by atoms with Gasteiger partial charge in [0.2, 0.25) is 8.32 Å². The molecule has 1 heterocycles. The number of carbonyl (C=O) groups excluding carboxylic acids is 2. The third-order valence-electron chi connectivity index (χ3n) is 11.8. The predicted molar refractivity (Wildman–Crippen MR) is 198 cm³/mol. The third kappa shape index (κ3) is 10.4. The van der Waals surface area contributed by atoms with E-state index in [-0.39, 0.29) is 34.0 Å². The van der Waals surface area contributed by atoms with Crippen molar-refractivity contribution in [2.75, 3.05) is 7.11 Å². The second-order valence-electron chi connectivity index (χ2n) is 17.4. The molecule has 2 aliphatic rings. The number of unbranched alkanes of at least 4 members (excludes halogenated alkanes) is 3. The largest absolute Gasteiger partial charge is 0.546 e. The standard InChI is InChI=1S/C38H66O5SSi2/c1-36(2,3)45(8,9)42-32(21-16-23-38(24-18-25-38)28-29-19-17-26-44-29)35-30(20-14-12-13-15-22-34(40)41-7)31(39)27-33(35)43-46(10,11)37(4,5)6/h17,19,21,26,30,33,35H,12-16,18,20,22-25,27-28H2,1-11H3/b32-21+/t30-,33+,35-/m0/s1. The number of Topliss-reactive ketones (excluding diaryl/α,β-unsaturated/α-hetero) is 1. The molecule has 5 nitrogen and oxygen atoms in total. The van der Waals surface area contributed by atoms with E-state index in [2.05, 4.69) is 91.3 Å². The van der Waals surface area contributed by atoms with Crippen molar-refractivity contribution in [3.63, 3.8) is 0 Å². The van der Waals surface area contributed by atoms with Crippen LogP contribution in [-0.4, -0.2) is 41.6 Å². The van der Waals surface area contributed by atoms with E-state index >= 15 is 0 Å². The Kier molecular flexibility index (Phi) is 13.6. The molecule has 0 radical (unpaired) electrons. The maximum absolute atomic E-state index is 13.9. The van der Waals surface area contributed by atoms with Gasteiger partial charge in [0.15, 0.2) is 8.32 Å². The number of allylic oxidation sites excluding steroid dienone is 1. The molecule has 2 aliphatic carbocycles. The zero-order valence-electron chi connectivity index (χ0n) is 31.2. The topological polar surface area (TPSA) is 61.8 Å². The first-order valence-corrected chi connectivity index (χ1v) is 24.7. The van der Waals surface area contributed by atoms with E-state index in [1.807, 2.05) is 11.3 Å². The summed E-state index contributed by atoms with van der Waals surface area (Å²) in [4.78, 5) is 27.0. The third-order valence-corrected chi connectivity index (χ3v) is 21.6. The molecular formula is C38H66O5SSi2. The summed E-state index contributed by atoms with van der Waals surface area (Å²) in [6, 6.07) is 4.47. The second kappa shape index (κ2) is 16.0. The molecule has 0 unspecified atom stereocenters. The van der Waals surface area contributed by atoms with E-state index in [4.69, 9.17) is 13.6 Å². The van der Waals surface area contributed by atoms with Gasteiger partial charge in [-0.1, -0.05) is 73.3 Å². The van der Waals surface area contributed by atoms with Gasteiger partial charge in [-0.05, 0) is 104 Å². The number of hydrogen-bond donors (Lipinski definition) is 0. The molecule has 2 saturated carbocycles. The fourth-order valence-electron chi connectivity index (χ4n) is 6.61. The van der Waals surface area contributed by atoms with Crippen molar-refractivity contribution >= 4 is 39.7 Å². The van der Waals surface area contributed by atoms with E-state index < -0.39 is 16.6 Å². The van der Waals surface area contributed by atoms with Gasteiger partial charge in [0.05, 0.1) is 19.0 Å². The monoisotopic (exact) mass is 690 g/mol. The molecule has 8 heteroatoms. The minimum Gasteiger partial charge on any atom is -0.546 e. The van der Waals surface area contributed by atoms with Crippen LogP contribution in [0.1, 0.15) is 123 Å². The van der Waals surface area contributed by atoms with Crippen LogP contribution in [0.4, 0.5) is 0 Å². The van der Waals surface area contributed by atoms with Gasteiger partial charge in [0, 0.05) is 29.6 Å². The molecule has 0 bridgehead atoms. The fraction of sp³-hybridized carbons (Fsp3) is 0.789. The van der Waals surface area contributed by atoms with E-state index in [0.717, 1.165) is 50.7 Å². The lowest BCUT2D eigenvalue weighted by Gasteiger charge is -2.43. The second-order valence-corrected chi connectivity index (χ2v) is 27.9. The molecule has 0 spiro atoms. The number of ether oxygens (including phenoxy) is 1. The number of esters is 1. The highest BCUT2D eigenvalue weighted by Crippen LogP contribution is 2.50. The van der Waals surface area contributed by atoms with Crippen LogP contribution >= 0.6 is 11.3 Å². The van der Waals surface area contributed by atoms with Crippen molar-refractivity contribution in [3.8, 4) is 0 Å². The Morgan fingerprint density at radius 3 is 2.20 bits per heavy atom. The molecule has 3 atom stereocenters. The van der Waals surface area contributed by atoms with Crippen molar-refractivity contribution in [1.82, 2.24) is 0 Å². The molecule has 0 aliphatic heterocycles. The molecule has 3 rings (SSSR count). The van der Waals surface area contributed by atoms with Gasteiger partial charge in [-0.25, -0.2) is 0 Å². The Hall–Kier alpha value is -1.23. The van der Waals surface area contributed by atoms with Gasteiger partial charge >= 0.3 is 5.97 Å². The predicted octanol–water partition coefficient (Wildman–Crippen LogP) is 11.3. The van der Waals surface area contributed by atoms with Crippen LogP contribution in [0.3, 0.4) is 0 Å². The van der Waals surface area contributed by atoms with Crippen LogP contribution in [0.2, 0.25) is 36.3 Å². The molecule has 0 N–H and O–H groups in total. The van der Waals surface area contributed by atoms with Gasteiger partial charge in [-0.2, -0.15) is 0 Å². The maximum atomic E-state index is 13.9. The Labute approximate surface area is 287 Å². The Bertz CT molecular complexity index is 1150. The molecular weight excluding hydrogens is 625 g/mol. The maximum Gasteiger partial charge on any atom is 0.305 e. The number of ketones is 1. The highest BCUT2D eigenvalue weighted by Gasteiger charge is 2.51. The number of carbonyl (C=O) groups is 2. The highest BCUT2D eigenvalue weighted by atomic mass is 32.1. The Balaban J connectivity index is 1.91. The zero-order valence-corrected chi connectivity index (χ0v) is 34.0. The summed E-state index contributed by atoms with van der Waals surface area (Å²) >= 11 is 1.88. The summed E-state index contributed by atoms with van der Waals surface area (Å²) in [6.45, 7) is 23.0. The number of methoxy groups -OCH3 is 1. The minimum absolute atomic E-state index is 0.0412. The van der Waals surface area contributed by atoms with Gasteiger partial charge in [0.25, 0.3) is 0 Å². The van der Waals surface area contributed by atoms with Crippen molar-refractivity contribution < 1.29 is 23.2 Å². The van der Waals surface area contributed by atoms with Crippen molar-refractivity contribution in [2.45, 2.75) is 167 Å². The first kappa shape index (κ1) is 39.2. The first-order chi connectivity index (χ1) is 21.3. The summed E-state index contributed by atoms with van der Waals surface area (Å²) < 4.78 is 19.2. The molecule has 0 saturated heterocycles. The van der Waals surface area contributed by atoms with Gasteiger partial charge < -0.3 is 13.6 Å². The van der Waals surface area contributed by atoms with Crippen molar-refractivity contribution in [3.05, 3.63) is 34.2 Å². The van der Waals surface area contributed by atoms with E-state index in [9.17, 15) is 9.59 Å². The average Bonchev–Trinajstić information content (AvgIpc) is 3.53. The lowest BCUT2D eigenvalue weighted by Crippen LogP contribution is -2.47. The summed E-state index contributed by atoms with van der Waals surface area (Å²) in [6.07, 6.45) is 15.1. The minimum atomic E-state index is -2.18. The molecule has 0 aromatic carbocycles. The Morgan fingerprint density at radius 1 is 1.00 bits per heavy atom. The summed E-state index contributed by atoms with van der Waals surface area (Å²) in [5.41, 5.74) is 0.384. The summed E-state index contributed by atoms with van der Waals surface area (Å²) in [5.74, 6) is 1.10. The van der Waals surface area contributed by atoms with Crippen LogP contribution in [0.25, 0.3) is 0 Å². The van der Waals surface area contributed by atoms with Gasteiger partial charge in [0.1, 0.15) is 5.78 Å². The van der Waals surface area contributed by atoms with E-state index in [1.165, 1.54) is 37.7 Å². The lowest BCUT2D eigenvalue weighted by molar-refractivity contribution is -0.140. The SMILES string of the molecule is COC(=O)CCCCCC[C@H]1C(=O)C[C@@H](O[Si](C)(C)C(C)(C)C)[C@@H]1/C(=C\CCC1(Cc2cccs2)CCC1)O[Si](C)(C)C(C)(C)C. The van der Waals surface area contributed by atoms with Crippen molar-refractivity contribution in [1.29, 1.82) is 0 Å². The van der Waals surface area contributed by atoms with E-state index in [1.54, 1.807) is 0 Å². The summed E-state index contributed by atoms with van der Waals surface area (Å²) in [5, 5.41) is 2.31. The van der Waals surface area contributed by atoms with Gasteiger partial charge in [-0.15, -0.1) is 11.3 Å².